The highest BCUT2D eigenvalue weighted by Gasteiger charge is 2.35. The van der Waals surface area contributed by atoms with E-state index in [0.717, 1.165) is 18.4 Å². The van der Waals surface area contributed by atoms with Crippen LogP contribution in [0, 0.1) is 5.92 Å². The Morgan fingerprint density at radius 1 is 1.25 bits per heavy atom. The van der Waals surface area contributed by atoms with Crippen molar-refractivity contribution in [2.75, 3.05) is 0 Å². The molecule has 2 N–H and O–H groups in total. The Bertz CT molecular complexity index is 723. The van der Waals surface area contributed by atoms with E-state index in [4.69, 9.17) is 0 Å². The molecule has 0 radical (unpaired) electrons. The Kier molecular flexibility index (Phi) is 3.97. The van der Waals surface area contributed by atoms with Gasteiger partial charge in [-0.05, 0) is 42.4 Å². The number of rotatable bonds is 3. The van der Waals surface area contributed by atoms with E-state index >= 15 is 0 Å². The smallest absolute Gasteiger partial charge is 0.165 e. The Morgan fingerprint density at radius 2 is 2.12 bits per heavy atom. The fourth-order valence-electron chi connectivity index (χ4n) is 4.18. The third-order valence-electron chi connectivity index (χ3n) is 5.42. The van der Waals surface area contributed by atoms with E-state index < -0.39 is 0 Å². The molecule has 2 aliphatic carbocycles. The number of hydrazone groups is 1. The lowest BCUT2D eigenvalue weighted by Crippen LogP contribution is -2.39. The van der Waals surface area contributed by atoms with Gasteiger partial charge in [0.2, 0.25) is 0 Å². The molecule has 4 heteroatoms. The zero-order valence-electron chi connectivity index (χ0n) is 13.8. The number of allylic oxidation sites excluding steroid dienone is 4. The van der Waals surface area contributed by atoms with Crippen molar-refractivity contribution in [3.8, 4) is 0 Å². The summed E-state index contributed by atoms with van der Waals surface area (Å²) in [5.74, 6) is 0.451. The molecular formula is C20H23N3O. The Hall–Kier alpha value is -2.36. The summed E-state index contributed by atoms with van der Waals surface area (Å²) < 4.78 is 0. The average molecular weight is 321 g/mol. The molecule has 0 aromatic heterocycles. The molecule has 3 atom stereocenters. The minimum atomic E-state index is 0.0370. The minimum Gasteiger partial charge on any atom is -0.380 e. The number of carbonyl (C=O) groups excluding carboxylic acids is 1. The molecule has 3 unspecified atom stereocenters. The van der Waals surface area contributed by atoms with Crippen LogP contribution in [0.3, 0.4) is 0 Å². The van der Waals surface area contributed by atoms with Crippen LogP contribution in [0.5, 0.6) is 0 Å². The van der Waals surface area contributed by atoms with Crippen LogP contribution in [0.15, 0.2) is 64.5 Å². The van der Waals surface area contributed by atoms with Crippen molar-refractivity contribution in [3.05, 3.63) is 59.4 Å². The Labute approximate surface area is 142 Å². The van der Waals surface area contributed by atoms with Gasteiger partial charge < -0.3 is 10.7 Å². The van der Waals surface area contributed by atoms with Crippen molar-refractivity contribution in [3.63, 3.8) is 0 Å². The van der Waals surface area contributed by atoms with E-state index in [0.29, 0.717) is 6.42 Å². The number of nitrogens with one attached hydrogen (secondary N) is 2. The van der Waals surface area contributed by atoms with Crippen molar-refractivity contribution in [2.24, 2.45) is 11.0 Å². The van der Waals surface area contributed by atoms with Crippen molar-refractivity contribution in [2.45, 2.75) is 44.2 Å². The van der Waals surface area contributed by atoms with E-state index in [9.17, 15) is 4.79 Å². The van der Waals surface area contributed by atoms with Gasteiger partial charge in [-0.1, -0.05) is 24.3 Å². The molecule has 0 amide bonds. The van der Waals surface area contributed by atoms with Crippen molar-refractivity contribution in [1.82, 2.24) is 10.7 Å². The fourth-order valence-corrected chi connectivity index (χ4v) is 4.18. The summed E-state index contributed by atoms with van der Waals surface area (Å²) >= 11 is 0. The van der Waals surface area contributed by atoms with Gasteiger partial charge in [-0.3, -0.25) is 4.79 Å². The largest absolute Gasteiger partial charge is 0.380 e. The molecule has 0 saturated carbocycles. The molecule has 4 rings (SSSR count). The zero-order valence-corrected chi connectivity index (χ0v) is 13.8. The first-order chi connectivity index (χ1) is 11.8. The molecule has 0 spiro atoms. The van der Waals surface area contributed by atoms with Gasteiger partial charge in [-0.2, -0.15) is 5.10 Å². The van der Waals surface area contributed by atoms with Crippen LogP contribution >= 0.6 is 0 Å². The Morgan fingerprint density at radius 3 is 2.96 bits per heavy atom. The van der Waals surface area contributed by atoms with Gasteiger partial charge in [0.05, 0.1) is 12.1 Å². The van der Waals surface area contributed by atoms with E-state index in [2.05, 4.69) is 28.6 Å². The molecule has 4 nitrogen and oxygen atoms in total. The molecule has 0 aromatic carbocycles. The maximum absolute atomic E-state index is 12.4. The number of nitrogens with zero attached hydrogens (tertiary/aromatic N) is 1. The van der Waals surface area contributed by atoms with Crippen molar-refractivity contribution >= 4 is 12.0 Å². The molecular weight excluding hydrogens is 298 g/mol. The topological polar surface area (TPSA) is 53.5 Å². The molecule has 24 heavy (non-hydrogen) atoms. The van der Waals surface area contributed by atoms with E-state index in [1.54, 1.807) is 0 Å². The van der Waals surface area contributed by atoms with Crippen LogP contribution in [0.4, 0.5) is 0 Å². The highest BCUT2D eigenvalue weighted by Crippen LogP contribution is 2.40. The normalized spacial score (nSPS) is 31.8. The van der Waals surface area contributed by atoms with Gasteiger partial charge in [-0.15, -0.1) is 6.58 Å². The number of carbonyl (C=O) groups is 1. The molecule has 0 fully saturated rings. The van der Waals surface area contributed by atoms with Gasteiger partial charge >= 0.3 is 0 Å². The van der Waals surface area contributed by atoms with Crippen LogP contribution in [-0.2, 0) is 4.79 Å². The van der Waals surface area contributed by atoms with Crippen molar-refractivity contribution < 1.29 is 4.79 Å². The average Bonchev–Trinajstić information content (AvgIpc) is 3.10. The van der Waals surface area contributed by atoms with Gasteiger partial charge in [-0.25, -0.2) is 0 Å². The number of dihydropyridines is 1. The lowest BCUT2D eigenvalue weighted by molar-refractivity contribution is -0.115. The highest BCUT2D eigenvalue weighted by atomic mass is 16.1. The number of hydrogen-bond donors (Lipinski definition) is 2. The quantitative estimate of drug-likeness (QED) is 0.786. The first-order valence-electron chi connectivity index (χ1n) is 8.79. The zero-order chi connectivity index (χ0) is 16.5. The molecule has 124 valence electrons. The van der Waals surface area contributed by atoms with Gasteiger partial charge in [0.15, 0.2) is 5.78 Å². The monoisotopic (exact) mass is 321 g/mol. The van der Waals surface area contributed by atoms with Gasteiger partial charge in [0.1, 0.15) is 0 Å². The molecule has 0 saturated heterocycles. The summed E-state index contributed by atoms with van der Waals surface area (Å²) in [7, 11) is 0. The summed E-state index contributed by atoms with van der Waals surface area (Å²) in [4.78, 5) is 12.4. The van der Waals surface area contributed by atoms with Crippen LogP contribution in [0.2, 0.25) is 0 Å². The highest BCUT2D eigenvalue weighted by molar-refractivity contribution is 5.99. The van der Waals surface area contributed by atoms with Crippen LogP contribution < -0.4 is 10.7 Å². The van der Waals surface area contributed by atoms with Crippen LogP contribution in [-0.4, -0.2) is 24.1 Å². The van der Waals surface area contributed by atoms with Crippen LogP contribution in [0.25, 0.3) is 0 Å². The summed E-state index contributed by atoms with van der Waals surface area (Å²) in [6, 6.07) is 0.179. The van der Waals surface area contributed by atoms with Crippen LogP contribution in [0.1, 0.15) is 32.1 Å². The van der Waals surface area contributed by atoms with E-state index in [-0.39, 0.29) is 23.8 Å². The lowest BCUT2D eigenvalue weighted by atomic mass is 9.74. The van der Waals surface area contributed by atoms with Crippen molar-refractivity contribution in [1.29, 1.82) is 0 Å². The predicted octanol–water partition coefficient (Wildman–Crippen LogP) is 2.93. The molecule has 0 aromatic rings. The third kappa shape index (κ3) is 2.46. The maximum atomic E-state index is 12.4. The second-order valence-electron chi connectivity index (χ2n) is 6.78. The Balaban J connectivity index is 1.71. The fraction of sp³-hybridized carbons (Fsp3) is 0.400. The van der Waals surface area contributed by atoms with E-state index in [1.165, 1.54) is 29.6 Å². The second kappa shape index (κ2) is 6.27. The minimum absolute atomic E-state index is 0.0370. The lowest BCUT2D eigenvalue weighted by Gasteiger charge is -2.36. The molecule has 2 heterocycles. The number of Topliss-reactive ketones (excluding diaryl/α,β-unsaturated/α-hetero) is 1. The molecule has 4 aliphatic rings. The molecule has 2 aliphatic heterocycles. The van der Waals surface area contributed by atoms with Gasteiger partial charge in [0, 0.05) is 30.3 Å². The second-order valence-corrected chi connectivity index (χ2v) is 6.78. The maximum Gasteiger partial charge on any atom is 0.165 e. The summed E-state index contributed by atoms with van der Waals surface area (Å²) in [5, 5.41) is 7.76. The third-order valence-corrected chi connectivity index (χ3v) is 5.42. The number of hydrogen-bond acceptors (Lipinski definition) is 4. The van der Waals surface area contributed by atoms with E-state index in [1.807, 2.05) is 30.5 Å². The SMILES string of the molecule is C=CC1NN=CC1C1=CNC(C2=CC=CCC2=O)C2=C1CCCC2. The number of ketones is 1. The predicted molar refractivity (Wildman–Crippen MR) is 96.5 cm³/mol. The standard InChI is InChI=1S/C20H23N3O/c1-2-18-17(12-22-23-18)16-11-21-20(14-8-4-3-7-13(14)16)15-9-5-6-10-19(15)24/h2,5-6,9,11-12,17-18,20-21,23H,1,3-4,7-8,10H2. The first-order valence-corrected chi connectivity index (χ1v) is 8.79. The summed E-state index contributed by atoms with van der Waals surface area (Å²) in [6.07, 6.45) is 17.0. The summed E-state index contributed by atoms with van der Waals surface area (Å²) in [6.45, 7) is 3.92. The first kappa shape index (κ1) is 15.2. The molecule has 0 bridgehead atoms. The van der Waals surface area contributed by atoms with Gasteiger partial charge in [0.25, 0.3) is 0 Å². The summed E-state index contributed by atoms with van der Waals surface area (Å²) in [5.41, 5.74) is 8.15.